The lowest BCUT2D eigenvalue weighted by atomic mass is 10.0. The molecule has 0 aromatic rings. The summed E-state index contributed by atoms with van der Waals surface area (Å²) < 4.78 is 30.6. The zero-order chi connectivity index (χ0) is 55.7. The highest BCUT2D eigenvalue weighted by Gasteiger charge is 2.30. The fraction of sp³-hybridized carbons (Fsp3) is 0.818. The van der Waals surface area contributed by atoms with Crippen LogP contribution in [0, 0.1) is 0 Å². The Bertz CT molecular complexity index is 1490. The number of phosphoric acid groups is 1. The van der Waals surface area contributed by atoms with E-state index in [-0.39, 0.29) is 37.9 Å². The molecule has 0 aromatic carbocycles. The number of phosphoric ester groups is 1. The number of likely N-dealkylation sites (N-methyl/N-ethyl adjacent to an activating group) is 1. The predicted octanol–water partition coefficient (Wildman–Crippen LogP) is 19.8. The van der Waals surface area contributed by atoms with Crippen LogP contribution in [0.1, 0.15) is 297 Å². The predicted molar refractivity (Wildman–Crippen MR) is 328 cm³/mol. The molecule has 0 fully saturated rings. The van der Waals surface area contributed by atoms with Gasteiger partial charge in [0.25, 0.3) is 0 Å². The number of nitrogens with one attached hydrogen (secondary N) is 1. The maximum Gasteiger partial charge on any atom is 0.472 e. The van der Waals surface area contributed by atoms with Crippen molar-refractivity contribution < 1.29 is 37.3 Å². The highest BCUT2D eigenvalue weighted by molar-refractivity contribution is 7.47. The second-order valence-electron chi connectivity index (χ2n) is 22.9. The van der Waals surface area contributed by atoms with Crippen molar-refractivity contribution in [2.24, 2.45) is 0 Å². The number of nitrogens with zero attached hydrogens (tertiary/aromatic N) is 1. The van der Waals surface area contributed by atoms with Crippen LogP contribution in [0.25, 0.3) is 0 Å². The first-order valence-corrected chi connectivity index (χ1v) is 33.6. The summed E-state index contributed by atoms with van der Waals surface area (Å²) in [5, 5.41) is 3.01. The number of carbonyl (C=O) groups is 2. The molecule has 0 aliphatic rings. The Balaban J connectivity index is 5.11. The van der Waals surface area contributed by atoms with Crippen LogP contribution in [0.3, 0.4) is 0 Å². The number of hydrogen-bond donors (Lipinski definition) is 2. The van der Waals surface area contributed by atoms with Crippen LogP contribution < -0.4 is 5.32 Å². The number of rotatable bonds is 58. The van der Waals surface area contributed by atoms with Gasteiger partial charge < -0.3 is 19.4 Å². The average molecular weight is 1090 g/mol. The van der Waals surface area contributed by atoms with Gasteiger partial charge in [0.2, 0.25) is 5.91 Å². The highest BCUT2D eigenvalue weighted by Crippen LogP contribution is 2.43. The summed E-state index contributed by atoms with van der Waals surface area (Å²) in [7, 11) is 1.47. The summed E-state index contributed by atoms with van der Waals surface area (Å²) in [4.78, 5) is 37.6. The molecule has 1 amide bonds. The van der Waals surface area contributed by atoms with E-state index < -0.39 is 20.0 Å². The lowest BCUT2D eigenvalue weighted by molar-refractivity contribution is -0.870. The zero-order valence-electron chi connectivity index (χ0n) is 50.7. The molecule has 0 spiro atoms. The Labute approximate surface area is 471 Å². The Morgan fingerprint density at radius 2 is 0.816 bits per heavy atom. The first kappa shape index (κ1) is 73.7. The fourth-order valence-electron chi connectivity index (χ4n) is 9.20. The fourth-order valence-corrected chi connectivity index (χ4v) is 9.93. The van der Waals surface area contributed by atoms with Crippen LogP contribution in [-0.2, 0) is 27.9 Å². The molecule has 0 saturated heterocycles. The highest BCUT2D eigenvalue weighted by atomic mass is 31.2. The number of ether oxygens (including phenoxy) is 1. The van der Waals surface area contributed by atoms with Gasteiger partial charge >= 0.3 is 13.8 Å². The van der Waals surface area contributed by atoms with Crippen LogP contribution in [-0.4, -0.2) is 74.3 Å². The minimum absolute atomic E-state index is 0.0310. The molecule has 0 aliphatic heterocycles. The number of esters is 1. The molecule has 444 valence electrons. The molecule has 0 rings (SSSR count). The minimum Gasteiger partial charge on any atom is -0.456 e. The van der Waals surface area contributed by atoms with Crippen molar-refractivity contribution in [1.82, 2.24) is 5.32 Å². The van der Waals surface area contributed by atoms with Gasteiger partial charge in [0.05, 0.1) is 33.8 Å². The monoisotopic (exact) mass is 1090 g/mol. The van der Waals surface area contributed by atoms with Crippen molar-refractivity contribution in [3.05, 3.63) is 60.8 Å². The first-order chi connectivity index (χ1) is 36.9. The molecule has 3 unspecified atom stereocenters. The van der Waals surface area contributed by atoms with Crippen LogP contribution in [0.2, 0.25) is 0 Å². The van der Waals surface area contributed by atoms with E-state index in [0.29, 0.717) is 17.4 Å². The third-order valence-corrected chi connectivity index (χ3v) is 15.2. The SMILES string of the molecule is CCCCC/C=C\C/C=C\CCCCCCCCCCCCCCCCCC(=O)OC(/C=C\CCCCCCCCCCCC)C(COP(=O)(O)OCC[N+](C)(C)C)NC(=O)CC/C=C/C/C=C\CCCCCCCC. The van der Waals surface area contributed by atoms with Gasteiger partial charge in [-0.25, -0.2) is 4.57 Å². The largest absolute Gasteiger partial charge is 0.472 e. The molecule has 2 N–H and O–H groups in total. The number of carbonyl (C=O) groups excluding carboxylic acids is 2. The van der Waals surface area contributed by atoms with Gasteiger partial charge in [0.15, 0.2) is 0 Å². The van der Waals surface area contributed by atoms with Gasteiger partial charge in [-0.2, -0.15) is 0 Å². The molecule has 0 radical (unpaired) electrons. The van der Waals surface area contributed by atoms with Crippen LogP contribution in [0.5, 0.6) is 0 Å². The molecule has 10 heteroatoms. The van der Waals surface area contributed by atoms with Gasteiger partial charge in [-0.15, -0.1) is 0 Å². The van der Waals surface area contributed by atoms with E-state index in [0.717, 1.165) is 57.8 Å². The maximum atomic E-state index is 13.5. The van der Waals surface area contributed by atoms with E-state index in [1.165, 1.54) is 199 Å². The molecule has 0 aliphatic carbocycles. The third-order valence-electron chi connectivity index (χ3n) is 14.2. The summed E-state index contributed by atoms with van der Waals surface area (Å²) in [6.07, 6.45) is 71.0. The second-order valence-corrected chi connectivity index (χ2v) is 24.4. The molecule has 0 aromatic heterocycles. The van der Waals surface area contributed by atoms with Gasteiger partial charge in [-0.1, -0.05) is 262 Å². The molecule has 0 saturated carbocycles. The van der Waals surface area contributed by atoms with Crippen molar-refractivity contribution in [1.29, 1.82) is 0 Å². The standard InChI is InChI=1S/C66H123N2O7P/c1-7-10-13-16-19-22-25-28-29-30-31-32-33-34-35-36-37-38-39-41-44-47-50-53-56-59-66(70)75-64(57-54-51-48-45-42-27-24-21-18-15-12-9-3)63(62-74-76(71,72)73-61-60-68(4,5)6)67-65(69)58-55-52-49-46-43-40-26-23-20-17-14-11-8-2/h19,22,28-29,40,43,49,52,54,57,63-64H,7-18,20-21,23-27,30-39,41-42,44-48,50-51,53,55-56,58-62H2,1-6H3,(H-,67,69,71,72)/p+1/b22-19-,29-28-,43-40-,52-49+,57-54-. The van der Waals surface area contributed by atoms with Gasteiger partial charge in [0, 0.05) is 12.8 Å². The Morgan fingerprint density at radius 1 is 0.461 bits per heavy atom. The molecular formula is C66H124N2O7P+. The van der Waals surface area contributed by atoms with E-state index in [1.807, 2.05) is 39.4 Å². The molecular weight excluding hydrogens is 964 g/mol. The number of allylic oxidation sites excluding steroid dienone is 9. The minimum atomic E-state index is -4.46. The summed E-state index contributed by atoms with van der Waals surface area (Å²) >= 11 is 0. The number of unbranched alkanes of at least 4 members (excludes halogenated alkanes) is 34. The first-order valence-electron chi connectivity index (χ1n) is 32.1. The average Bonchev–Trinajstić information content (AvgIpc) is 3.38. The quantitative estimate of drug-likeness (QED) is 0.0205. The third kappa shape index (κ3) is 56.4. The Morgan fingerprint density at radius 3 is 1.24 bits per heavy atom. The Hall–Kier alpha value is -2.29. The smallest absolute Gasteiger partial charge is 0.456 e. The van der Waals surface area contributed by atoms with E-state index in [2.05, 4.69) is 68.6 Å². The van der Waals surface area contributed by atoms with Crippen molar-refractivity contribution in [3.63, 3.8) is 0 Å². The van der Waals surface area contributed by atoms with Crippen molar-refractivity contribution >= 4 is 19.7 Å². The Kier molecular flexibility index (Phi) is 54.3. The van der Waals surface area contributed by atoms with Gasteiger partial charge in [0.1, 0.15) is 19.3 Å². The van der Waals surface area contributed by atoms with Crippen LogP contribution >= 0.6 is 7.82 Å². The summed E-state index contributed by atoms with van der Waals surface area (Å²) in [5.74, 6) is -0.576. The summed E-state index contributed by atoms with van der Waals surface area (Å²) in [6, 6.07) is -0.878. The van der Waals surface area contributed by atoms with Crippen molar-refractivity contribution in [3.8, 4) is 0 Å². The van der Waals surface area contributed by atoms with E-state index in [1.54, 1.807) is 0 Å². The molecule has 3 atom stereocenters. The number of hydrogen-bond acceptors (Lipinski definition) is 6. The lowest BCUT2D eigenvalue weighted by Crippen LogP contribution is -2.47. The van der Waals surface area contributed by atoms with E-state index >= 15 is 0 Å². The van der Waals surface area contributed by atoms with Gasteiger partial charge in [-0.3, -0.25) is 18.6 Å². The number of amides is 1. The molecule has 76 heavy (non-hydrogen) atoms. The second kappa shape index (κ2) is 56.0. The van der Waals surface area contributed by atoms with E-state index in [9.17, 15) is 19.0 Å². The zero-order valence-corrected chi connectivity index (χ0v) is 51.6. The van der Waals surface area contributed by atoms with Crippen LogP contribution in [0.4, 0.5) is 0 Å². The van der Waals surface area contributed by atoms with Crippen molar-refractivity contribution in [2.75, 3.05) is 40.9 Å². The molecule has 0 bridgehead atoms. The summed E-state index contributed by atoms with van der Waals surface area (Å²) in [5.41, 5.74) is 0. The maximum absolute atomic E-state index is 13.5. The van der Waals surface area contributed by atoms with Crippen LogP contribution in [0.15, 0.2) is 60.8 Å². The summed E-state index contributed by atoms with van der Waals surface area (Å²) in [6.45, 7) is 6.95. The van der Waals surface area contributed by atoms with Gasteiger partial charge in [-0.05, 0) is 83.1 Å². The van der Waals surface area contributed by atoms with E-state index in [4.69, 9.17) is 13.8 Å². The van der Waals surface area contributed by atoms with Crippen molar-refractivity contribution in [2.45, 2.75) is 309 Å². The normalized spacial score (nSPS) is 14.0. The molecule has 0 heterocycles. The lowest BCUT2D eigenvalue weighted by Gasteiger charge is -2.27. The molecule has 9 nitrogen and oxygen atoms in total. The topological polar surface area (TPSA) is 111 Å². The number of quaternary nitrogens is 1.